The Balaban J connectivity index is 2.22. The number of hydrogen-bond donors (Lipinski definition) is 0. The third-order valence-electron chi connectivity index (χ3n) is 2.69. The summed E-state index contributed by atoms with van der Waals surface area (Å²) in [6, 6.07) is 13.5. The van der Waals surface area contributed by atoms with Gasteiger partial charge in [0.25, 0.3) is 0 Å². The molecule has 0 spiro atoms. The lowest BCUT2D eigenvalue weighted by Crippen LogP contribution is -1.92. The number of aryl methyl sites for hydroxylation is 1. The summed E-state index contributed by atoms with van der Waals surface area (Å²) in [4.78, 5) is 4.47. The topological polar surface area (TPSA) is 21.6 Å². The van der Waals surface area contributed by atoms with Gasteiger partial charge in [-0.15, -0.1) is 0 Å². The van der Waals surface area contributed by atoms with Crippen LogP contribution in [0.5, 0.6) is 5.75 Å². The average Bonchev–Trinajstić information content (AvgIpc) is 2.41. The molecule has 98 valence electrons. The molecule has 0 amide bonds. The Morgan fingerprint density at radius 1 is 1.21 bits per heavy atom. The van der Waals surface area contributed by atoms with Crippen LogP contribution in [-0.4, -0.2) is 12.8 Å². The summed E-state index contributed by atoms with van der Waals surface area (Å²) in [7, 11) is 0. The van der Waals surface area contributed by atoms with Crippen LogP contribution < -0.4 is 4.74 Å². The number of nitrogens with zero attached hydrogens (tertiary/aromatic N) is 1. The molecule has 0 radical (unpaired) electrons. The number of aliphatic imine (C=N–C) groups is 1. The fourth-order valence-electron chi connectivity index (χ4n) is 1.72. The molecule has 0 unspecified atom stereocenters. The number of hydrogen-bond acceptors (Lipinski definition) is 2. The molecule has 0 heterocycles. The first-order valence-electron chi connectivity index (χ1n) is 6.22. The number of ether oxygens (including phenoxy) is 1. The van der Waals surface area contributed by atoms with Crippen molar-refractivity contribution in [3.05, 3.63) is 58.6 Å². The molecule has 2 nitrogen and oxygen atoms in total. The van der Waals surface area contributed by atoms with Crippen molar-refractivity contribution in [3.8, 4) is 5.75 Å². The van der Waals surface area contributed by atoms with E-state index in [1.54, 1.807) is 0 Å². The summed E-state index contributed by atoms with van der Waals surface area (Å²) >= 11 is 5.97. The Morgan fingerprint density at radius 3 is 2.84 bits per heavy atom. The molecule has 0 atom stereocenters. The summed E-state index contributed by atoms with van der Waals surface area (Å²) in [5.41, 5.74) is 2.99. The minimum absolute atomic E-state index is 0.661. The van der Waals surface area contributed by atoms with E-state index in [-0.39, 0.29) is 0 Å². The van der Waals surface area contributed by atoms with Crippen LogP contribution in [0, 0.1) is 6.92 Å². The second-order valence-corrected chi connectivity index (χ2v) is 4.63. The lowest BCUT2D eigenvalue weighted by molar-refractivity contribution is 0.340. The van der Waals surface area contributed by atoms with Gasteiger partial charge in [0.1, 0.15) is 5.75 Å². The van der Waals surface area contributed by atoms with Crippen LogP contribution in [0.15, 0.2) is 47.5 Å². The van der Waals surface area contributed by atoms with Crippen molar-refractivity contribution in [1.82, 2.24) is 0 Å². The molecule has 0 bridgehead atoms. The van der Waals surface area contributed by atoms with Crippen LogP contribution in [-0.2, 0) is 0 Å². The van der Waals surface area contributed by atoms with Crippen molar-refractivity contribution in [2.24, 2.45) is 4.99 Å². The molecule has 0 saturated carbocycles. The molecule has 2 rings (SSSR count). The zero-order valence-electron chi connectivity index (χ0n) is 11.1. The van der Waals surface area contributed by atoms with Crippen LogP contribution in [0.3, 0.4) is 0 Å². The SMILES string of the molecule is CCOc1cccc(C=Nc2cc(Cl)ccc2C)c1. The number of benzene rings is 2. The third-order valence-corrected chi connectivity index (χ3v) is 2.93. The van der Waals surface area contributed by atoms with Crippen molar-refractivity contribution in [2.45, 2.75) is 13.8 Å². The highest BCUT2D eigenvalue weighted by molar-refractivity contribution is 6.30. The van der Waals surface area contributed by atoms with Gasteiger partial charge in [-0.05, 0) is 49.2 Å². The molecule has 0 fully saturated rings. The van der Waals surface area contributed by atoms with Gasteiger partial charge in [0.05, 0.1) is 12.3 Å². The van der Waals surface area contributed by atoms with Crippen molar-refractivity contribution < 1.29 is 4.74 Å². The summed E-state index contributed by atoms with van der Waals surface area (Å²) < 4.78 is 5.46. The fraction of sp³-hybridized carbons (Fsp3) is 0.188. The van der Waals surface area contributed by atoms with Crippen LogP contribution >= 0.6 is 11.6 Å². The van der Waals surface area contributed by atoms with E-state index >= 15 is 0 Å². The quantitative estimate of drug-likeness (QED) is 0.734. The van der Waals surface area contributed by atoms with Gasteiger partial charge < -0.3 is 4.74 Å². The molecule has 0 aliphatic heterocycles. The molecular weight excluding hydrogens is 258 g/mol. The first-order valence-corrected chi connectivity index (χ1v) is 6.60. The number of halogens is 1. The van der Waals surface area contributed by atoms with E-state index in [2.05, 4.69) is 4.99 Å². The van der Waals surface area contributed by atoms with E-state index in [1.807, 2.05) is 62.5 Å². The molecular formula is C16H16ClNO. The molecule has 2 aromatic carbocycles. The second kappa shape index (κ2) is 6.39. The van der Waals surface area contributed by atoms with Crippen molar-refractivity contribution >= 4 is 23.5 Å². The van der Waals surface area contributed by atoms with E-state index in [0.717, 1.165) is 22.6 Å². The normalized spacial score (nSPS) is 10.9. The molecule has 0 saturated heterocycles. The van der Waals surface area contributed by atoms with Crippen LogP contribution in [0.4, 0.5) is 5.69 Å². The minimum Gasteiger partial charge on any atom is -0.494 e. The standard InChI is InChI=1S/C16H16ClNO/c1-3-19-15-6-4-5-13(9-15)11-18-16-10-14(17)8-7-12(16)2/h4-11H,3H2,1-2H3. The Bertz CT molecular complexity index is 593. The predicted octanol–water partition coefficient (Wildman–Crippen LogP) is 4.80. The molecule has 2 aromatic rings. The molecule has 0 aliphatic rings. The third kappa shape index (κ3) is 3.83. The van der Waals surface area contributed by atoms with Gasteiger partial charge in [-0.1, -0.05) is 29.8 Å². The summed E-state index contributed by atoms with van der Waals surface area (Å²) in [6.45, 7) is 4.64. The highest BCUT2D eigenvalue weighted by Crippen LogP contribution is 2.23. The Morgan fingerprint density at radius 2 is 2.05 bits per heavy atom. The molecule has 19 heavy (non-hydrogen) atoms. The van der Waals surface area contributed by atoms with Crippen LogP contribution in [0.25, 0.3) is 0 Å². The second-order valence-electron chi connectivity index (χ2n) is 4.19. The van der Waals surface area contributed by atoms with Crippen LogP contribution in [0.1, 0.15) is 18.1 Å². The van der Waals surface area contributed by atoms with Gasteiger partial charge in [0.15, 0.2) is 0 Å². The van der Waals surface area contributed by atoms with E-state index in [0.29, 0.717) is 11.6 Å². The van der Waals surface area contributed by atoms with E-state index in [4.69, 9.17) is 16.3 Å². The largest absolute Gasteiger partial charge is 0.494 e. The fourth-order valence-corrected chi connectivity index (χ4v) is 1.88. The lowest BCUT2D eigenvalue weighted by Gasteiger charge is -2.03. The first kappa shape index (κ1) is 13.6. The highest BCUT2D eigenvalue weighted by Gasteiger charge is 1.98. The van der Waals surface area contributed by atoms with Crippen molar-refractivity contribution in [1.29, 1.82) is 0 Å². The van der Waals surface area contributed by atoms with Gasteiger partial charge in [-0.25, -0.2) is 0 Å². The summed E-state index contributed by atoms with van der Waals surface area (Å²) in [5.74, 6) is 0.856. The van der Waals surface area contributed by atoms with Gasteiger partial charge in [0, 0.05) is 11.2 Å². The van der Waals surface area contributed by atoms with Crippen molar-refractivity contribution in [3.63, 3.8) is 0 Å². The molecule has 0 N–H and O–H groups in total. The molecule has 3 heteroatoms. The first-order chi connectivity index (χ1) is 9.19. The van der Waals surface area contributed by atoms with E-state index in [9.17, 15) is 0 Å². The summed E-state index contributed by atoms with van der Waals surface area (Å²) in [6.07, 6.45) is 1.82. The van der Waals surface area contributed by atoms with Gasteiger partial charge in [-0.2, -0.15) is 0 Å². The van der Waals surface area contributed by atoms with E-state index in [1.165, 1.54) is 0 Å². The maximum absolute atomic E-state index is 5.97. The Hall–Kier alpha value is -1.80. The highest BCUT2D eigenvalue weighted by atomic mass is 35.5. The lowest BCUT2D eigenvalue weighted by atomic mass is 10.2. The van der Waals surface area contributed by atoms with Crippen LogP contribution in [0.2, 0.25) is 5.02 Å². The average molecular weight is 274 g/mol. The Kier molecular flexibility index (Phi) is 4.58. The predicted molar refractivity (Wildman–Crippen MR) is 81.1 cm³/mol. The summed E-state index contributed by atoms with van der Waals surface area (Å²) in [5, 5.41) is 0.695. The van der Waals surface area contributed by atoms with Crippen molar-refractivity contribution in [2.75, 3.05) is 6.61 Å². The van der Waals surface area contributed by atoms with E-state index < -0.39 is 0 Å². The van der Waals surface area contributed by atoms with Gasteiger partial charge >= 0.3 is 0 Å². The minimum atomic E-state index is 0.661. The zero-order chi connectivity index (χ0) is 13.7. The molecule has 0 aliphatic carbocycles. The van der Waals surface area contributed by atoms with Gasteiger partial charge in [0.2, 0.25) is 0 Å². The zero-order valence-corrected chi connectivity index (χ0v) is 11.8. The smallest absolute Gasteiger partial charge is 0.119 e. The molecule has 0 aromatic heterocycles. The number of rotatable bonds is 4. The van der Waals surface area contributed by atoms with Gasteiger partial charge in [-0.3, -0.25) is 4.99 Å². The maximum Gasteiger partial charge on any atom is 0.119 e. The maximum atomic E-state index is 5.97. The Labute approximate surface area is 118 Å². The monoisotopic (exact) mass is 273 g/mol.